The van der Waals surface area contributed by atoms with Gasteiger partial charge in [-0.2, -0.15) is 0 Å². The number of likely N-dealkylation sites (tertiary alicyclic amines) is 2. The van der Waals surface area contributed by atoms with Gasteiger partial charge >= 0.3 is 12.0 Å². The zero-order valence-corrected chi connectivity index (χ0v) is 13.5. The molecule has 2 aliphatic rings. The number of hydrogen-bond acceptors (Lipinski definition) is 6. The van der Waals surface area contributed by atoms with Crippen LogP contribution < -0.4 is 0 Å². The highest BCUT2D eigenvalue weighted by molar-refractivity contribution is 5.69. The predicted octanol–water partition coefficient (Wildman–Crippen LogP) is 2.38. The number of ether oxygens (including phenoxy) is 1. The number of hydrogen-bond donors (Lipinski definition) is 0. The second kappa shape index (κ2) is 5.52. The molecule has 2 unspecified atom stereocenters. The molecule has 2 fully saturated rings. The fourth-order valence-corrected chi connectivity index (χ4v) is 3.24. The first-order chi connectivity index (χ1) is 10.7. The van der Waals surface area contributed by atoms with Crippen LogP contribution in [0.4, 0.5) is 10.7 Å². The minimum Gasteiger partial charge on any atom is -0.444 e. The molecule has 0 aromatic carbocycles. The van der Waals surface area contributed by atoms with Gasteiger partial charge < -0.3 is 14.1 Å². The van der Waals surface area contributed by atoms with E-state index in [9.17, 15) is 14.9 Å². The van der Waals surface area contributed by atoms with Crippen LogP contribution in [0.3, 0.4) is 0 Å². The first-order valence-corrected chi connectivity index (χ1v) is 7.70. The average Bonchev–Trinajstić information content (AvgIpc) is 3.10. The van der Waals surface area contributed by atoms with Crippen molar-refractivity contribution >= 4 is 12.0 Å². The monoisotopic (exact) mass is 323 g/mol. The Kier molecular flexibility index (Phi) is 3.79. The summed E-state index contributed by atoms with van der Waals surface area (Å²) in [5, 5.41) is 10.7. The summed E-state index contributed by atoms with van der Waals surface area (Å²) in [4.78, 5) is 26.3. The lowest BCUT2D eigenvalue weighted by atomic mass is 10.2. The van der Waals surface area contributed by atoms with Gasteiger partial charge in [0.15, 0.2) is 0 Å². The lowest BCUT2D eigenvalue weighted by Gasteiger charge is -2.34. The highest BCUT2D eigenvalue weighted by Crippen LogP contribution is 2.33. The third-order valence-electron chi connectivity index (χ3n) is 4.17. The van der Waals surface area contributed by atoms with Gasteiger partial charge in [0.1, 0.15) is 16.3 Å². The van der Waals surface area contributed by atoms with Gasteiger partial charge in [-0.1, -0.05) is 0 Å². The van der Waals surface area contributed by atoms with Crippen LogP contribution >= 0.6 is 0 Å². The Labute approximate surface area is 134 Å². The topological polar surface area (TPSA) is 89.1 Å². The molecule has 0 N–H and O–H groups in total. The quantitative estimate of drug-likeness (QED) is 0.627. The number of carbonyl (C=O) groups is 1. The smallest absolute Gasteiger partial charge is 0.433 e. The molecule has 8 nitrogen and oxygen atoms in total. The third kappa shape index (κ3) is 3.31. The van der Waals surface area contributed by atoms with Crippen LogP contribution in [0.2, 0.25) is 0 Å². The van der Waals surface area contributed by atoms with Crippen LogP contribution in [-0.4, -0.2) is 51.6 Å². The van der Waals surface area contributed by atoms with E-state index in [1.165, 1.54) is 6.07 Å². The second-order valence-corrected chi connectivity index (χ2v) is 7.10. The van der Waals surface area contributed by atoms with Crippen LogP contribution in [0.5, 0.6) is 0 Å². The van der Waals surface area contributed by atoms with Gasteiger partial charge in [-0.05, 0) is 33.3 Å². The Balaban J connectivity index is 1.57. The number of nitrogens with zero attached hydrogens (tertiary/aromatic N) is 3. The van der Waals surface area contributed by atoms with Crippen molar-refractivity contribution in [2.45, 2.75) is 51.4 Å². The zero-order valence-electron chi connectivity index (χ0n) is 13.5. The molecule has 1 amide bonds. The summed E-state index contributed by atoms with van der Waals surface area (Å²) < 4.78 is 10.6. The number of carbonyl (C=O) groups excluding carboxylic acids is 1. The summed E-state index contributed by atoms with van der Waals surface area (Å²) in [6.07, 6.45) is 0.639. The fourth-order valence-electron chi connectivity index (χ4n) is 3.24. The number of nitro groups is 1. The van der Waals surface area contributed by atoms with E-state index in [0.29, 0.717) is 18.8 Å². The number of furan rings is 1. The van der Waals surface area contributed by atoms with Crippen molar-refractivity contribution in [2.24, 2.45) is 0 Å². The van der Waals surface area contributed by atoms with Gasteiger partial charge in [0, 0.05) is 25.2 Å². The normalized spacial score (nSPS) is 24.2. The minimum absolute atomic E-state index is 0.139. The van der Waals surface area contributed by atoms with Crippen molar-refractivity contribution in [2.75, 3.05) is 13.1 Å². The molecule has 0 aliphatic carbocycles. The van der Waals surface area contributed by atoms with E-state index in [-0.39, 0.29) is 24.1 Å². The number of amides is 1. The van der Waals surface area contributed by atoms with Gasteiger partial charge in [-0.3, -0.25) is 15.0 Å². The lowest BCUT2D eigenvalue weighted by Crippen LogP contribution is -2.49. The summed E-state index contributed by atoms with van der Waals surface area (Å²) in [5.74, 6) is 0.341. The molecule has 2 atom stereocenters. The maximum absolute atomic E-state index is 12.2. The molecular formula is C15H21N3O5. The fraction of sp³-hybridized carbons (Fsp3) is 0.667. The molecule has 1 aromatic heterocycles. The molecule has 0 saturated carbocycles. The SMILES string of the molecule is CC(C)(C)OC(=O)N1CC2CC1CN2Cc1ccc([N+](=O)[O-])o1. The first kappa shape index (κ1) is 15.8. The van der Waals surface area contributed by atoms with Crippen molar-refractivity contribution < 1.29 is 18.9 Å². The summed E-state index contributed by atoms with van der Waals surface area (Å²) >= 11 is 0. The van der Waals surface area contributed by atoms with E-state index in [0.717, 1.165) is 13.0 Å². The van der Waals surface area contributed by atoms with Crippen LogP contribution in [0, 0.1) is 10.1 Å². The highest BCUT2D eigenvalue weighted by atomic mass is 16.6. The molecule has 0 spiro atoms. The summed E-state index contributed by atoms with van der Waals surface area (Å²) in [7, 11) is 0. The number of fused-ring (bicyclic) bond motifs is 2. The van der Waals surface area contributed by atoms with Gasteiger partial charge in [0.05, 0.1) is 12.6 Å². The maximum atomic E-state index is 12.2. The van der Waals surface area contributed by atoms with E-state index in [2.05, 4.69) is 4.90 Å². The van der Waals surface area contributed by atoms with Crippen LogP contribution in [0.25, 0.3) is 0 Å². The first-order valence-electron chi connectivity index (χ1n) is 7.70. The number of rotatable bonds is 3. The molecule has 8 heteroatoms. The van der Waals surface area contributed by atoms with E-state index in [4.69, 9.17) is 9.15 Å². The largest absolute Gasteiger partial charge is 0.444 e. The van der Waals surface area contributed by atoms with E-state index >= 15 is 0 Å². The van der Waals surface area contributed by atoms with Crippen LogP contribution in [-0.2, 0) is 11.3 Å². The zero-order chi connectivity index (χ0) is 16.8. The summed E-state index contributed by atoms with van der Waals surface area (Å²) in [6.45, 7) is 7.46. The molecule has 126 valence electrons. The minimum atomic E-state index is -0.538. The second-order valence-electron chi connectivity index (χ2n) is 7.10. The van der Waals surface area contributed by atoms with Gasteiger partial charge in [-0.25, -0.2) is 4.79 Å². The van der Waals surface area contributed by atoms with Crippen molar-refractivity contribution in [1.82, 2.24) is 9.80 Å². The van der Waals surface area contributed by atoms with Crippen molar-refractivity contribution in [3.63, 3.8) is 0 Å². The van der Waals surface area contributed by atoms with Crippen molar-refractivity contribution in [3.8, 4) is 0 Å². The molecule has 1 aromatic rings. The molecule has 3 heterocycles. The maximum Gasteiger partial charge on any atom is 0.433 e. The summed E-state index contributed by atoms with van der Waals surface area (Å²) in [5.41, 5.74) is -0.494. The average molecular weight is 323 g/mol. The van der Waals surface area contributed by atoms with Crippen molar-refractivity contribution in [3.05, 3.63) is 28.0 Å². The third-order valence-corrected chi connectivity index (χ3v) is 4.17. The Hall–Kier alpha value is -2.09. The molecule has 2 saturated heterocycles. The molecule has 2 aliphatic heterocycles. The van der Waals surface area contributed by atoms with E-state index in [1.807, 2.05) is 20.8 Å². The molecule has 2 bridgehead atoms. The van der Waals surface area contributed by atoms with E-state index < -0.39 is 10.5 Å². The molecular weight excluding hydrogens is 302 g/mol. The van der Waals surface area contributed by atoms with E-state index in [1.54, 1.807) is 11.0 Å². The van der Waals surface area contributed by atoms with Crippen LogP contribution in [0.15, 0.2) is 16.5 Å². The number of piperazine rings is 1. The molecule has 0 radical (unpaired) electrons. The Morgan fingerprint density at radius 1 is 1.39 bits per heavy atom. The highest BCUT2D eigenvalue weighted by Gasteiger charge is 2.46. The standard InChI is InChI=1S/C15H21N3O5/c1-15(2,3)23-14(19)17-8-10-6-11(17)7-16(10)9-12-4-5-13(22-12)18(20)21/h4-5,10-11H,6-9H2,1-3H3. The Morgan fingerprint density at radius 3 is 2.65 bits per heavy atom. The Morgan fingerprint density at radius 2 is 2.13 bits per heavy atom. The lowest BCUT2D eigenvalue weighted by molar-refractivity contribution is -0.402. The molecule has 3 rings (SSSR count). The molecule has 23 heavy (non-hydrogen) atoms. The Bertz CT molecular complexity index is 621. The van der Waals surface area contributed by atoms with Crippen LogP contribution in [0.1, 0.15) is 33.0 Å². The van der Waals surface area contributed by atoms with Gasteiger partial charge in [0.25, 0.3) is 0 Å². The van der Waals surface area contributed by atoms with Gasteiger partial charge in [0.2, 0.25) is 0 Å². The summed E-state index contributed by atoms with van der Waals surface area (Å²) in [6, 6.07) is 3.39. The van der Waals surface area contributed by atoms with Gasteiger partial charge in [-0.15, -0.1) is 0 Å². The predicted molar refractivity (Wildman–Crippen MR) is 80.9 cm³/mol. The van der Waals surface area contributed by atoms with Crippen molar-refractivity contribution in [1.29, 1.82) is 0 Å².